The number of hydrogen-bond acceptors (Lipinski definition) is 4. The number of aliphatic carboxylic acids is 1. The Morgan fingerprint density at radius 3 is 2.59 bits per heavy atom. The van der Waals surface area contributed by atoms with Gasteiger partial charge in [0.15, 0.2) is 0 Å². The van der Waals surface area contributed by atoms with Gasteiger partial charge in [0.2, 0.25) is 0 Å². The molecule has 2 N–H and O–H groups in total. The normalized spacial score (nSPS) is 15.6. The Morgan fingerprint density at radius 1 is 1.18 bits per heavy atom. The van der Waals surface area contributed by atoms with Gasteiger partial charge in [-0.3, -0.25) is 4.79 Å². The molecule has 1 aliphatic rings. The molecule has 0 aliphatic heterocycles. The van der Waals surface area contributed by atoms with Gasteiger partial charge in [0.1, 0.15) is 11.9 Å². The van der Waals surface area contributed by atoms with Gasteiger partial charge in [0.25, 0.3) is 5.91 Å². The number of carboxylic acid groups (broad SMARTS) is 1. The fraction of sp³-hybridized carbons (Fsp3) is 0.519. The van der Waals surface area contributed by atoms with Crippen LogP contribution in [0.5, 0.6) is 0 Å². The molecule has 1 atom stereocenters. The minimum Gasteiger partial charge on any atom is -0.480 e. The number of carboxylic acids is 1. The summed E-state index contributed by atoms with van der Waals surface area (Å²) in [6, 6.07) is 9.23. The number of carbonyl (C=O) groups excluding carboxylic acids is 1. The molecule has 1 fully saturated rings. The van der Waals surface area contributed by atoms with E-state index in [1.807, 2.05) is 6.07 Å². The van der Waals surface area contributed by atoms with Crippen molar-refractivity contribution in [3.05, 3.63) is 52.0 Å². The van der Waals surface area contributed by atoms with Crippen LogP contribution in [0.2, 0.25) is 0 Å². The molecule has 4 rings (SSSR count). The van der Waals surface area contributed by atoms with Gasteiger partial charge in [0, 0.05) is 22.9 Å². The molecule has 1 aromatic carbocycles. The van der Waals surface area contributed by atoms with Crippen molar-refractivity contribution in [2.75, 3.05) is 0 Å². The van der Waals surface area contributed by atoms with Crippen LogP contribution in [-0.2, 0) is 11.2 Å². The molecular formula is C27H35N3O3S. The smallest absolute Gasteiger partial charge is 0.326 e. The summed E-state index contributed by atoms with van der Waals surface area (Å²) in [6.07, 6.45) is 8.87. The molecule has 3 aromatic rings. The maximum atomic E-state index is 13.0. The Labute approximate surface area is 205 Å². The van der Waals surface area contributed by atoms with Crippen LogP contribution in [0.25, 0.3) is 11.0 Å². The fourth-order valence-corrected chi connectivity index (χ4v) is 5.97. The lowest BCUT2D eigenvalue weighted by Gasteiger charge is -2.25. The van der Waals surface area contributed by atoms with Crippen LogP contribution < -0.4 is 5.32 Å². The Hall–Kier alpha value is -2.67. The van der Waals surface area contributed by atoms with Crippen molar-refractivity contribution in [1.82, 2.24) is 14.9 Å². The van der Waals surface area contributed by atoms with Crippen molar-refractivity contribution in [2.24, 2.45) is 5.92 Å². The first kappa shape index (κ1) is 24.5. The molecule has 0 bridgehead atoms. The first-order valence-corrected chi connectivity index (χ1v) is 13.4. The summed E-state index contributed by atoms with van der Waals surface area (Å²) in [5, 5.41) is 14.6. The van der Waals surface area contributed by atoms with E-state index in [0.29, 0.717) is 23.9 Å². The van der Waals surface area contributed by atoms with Gasteiger partial charge in [-0.25, -0.2) is 9.78 Å². The fourth-order valence-electron chi connectivity index (χ4n) is 5.26. The second kappa shape index (κ2) is 11.2. The first-order valence-electron chi connectivity index (χ1n) is 12.6. The highest BCUT2D eigenvalue weighted by molar-refractivity contribution is 7.09. The van der Waals surface area contributed by atoms with Gasteiger partial charge in [-0.2, -0.15) is 0 Å². The average Bonchev–Trinajstić information content (AvgIpc) is 3.48. The zero-order valence-electron chi connectivity index (χ0n) is 20.1. The van der Waals surface area contributed by atoms with Gasteiger partial charge >= 0.3 is 5.97 Å². The highest BCUT2D eigenvalue weighted by Crippen LogP contribution is 2.29. The molecule has 0 spiro atoms. The summed E-state index contributed by atoms with van der Waals surface area (Å²) >= 11 is 1.72. The summed E-state index contributed by atoms with van der Waals surface area (Å²) in [5.74, 6) is 0.0656. The van der Waals surface area contributed by atoms with Crippen molar-refractivity contribution < 1.29 is 14.7 Å². The maximum Gasteiger partial charge on any atom is 0.326 e. The second-order valence-electron chi connectivity index (χ2n) is 9.43. The molecule has 0 saturated heterocycles. The number of amides is 1. The van der Waals surface area contributed by atoms with Gasteiger partial charge in [-0.05, 0) is 54.8 Å². The van der Waals surface area contributed by atoms with Crippen molar-refractivity contribution in [3.63, 3.8) is 0 Å². The van der Waals surface area contributed by atoms with E-state index in [-0.39, 0.29) is 5.91 Å². The SMILES string of the molecule is CCC(CC)n1c(Cc2cccs2)nc2cc(C(=O)N[C@@H](CC3CCCCC3)C(=O)O)ccc21. The number of rotatable bonds is 10. The maximum absolute atomic E-state index is 13.0. The number of benzene rings is 1. The average molecular weight is 482 g/mol. The summed E-state index contributed by atoms with van der Waals surface area (Å²) in [4.78, 5) is 31.1. The summed E-state index contributed by atoms with van der Waals surface area (Å²) in [6.45, 7) is 4.38. The molecule has 0 unspecified atom stereocenters. The third kappa shape index (κ3) is 5.52. The number of aromatic nitrogens is 2. The van der Waals surface area contributed by atoms with Crippen molar-refractivity contribution in [3.8, 4) is 0 Å². The van der Waals surface area contributed by atoms with Crippen molar-refractivity contribution >= 4 is 34.2 Å². The van der Waals surface area contributed by atoms with Gasteiger partial charge in [-0.1, -0.05) is 52.0 Å². The molecule has 2 aromatic heterocycles. The predicted molar refractivity (Wildman–Crippen MR) is 137 cm³/mol. The molecule has 182 valence electrons. The monoisotopic (exact) mass is 481 g/mol. The van der Waals surface area contributed by atoms with Crippen LogP contribution in [0.4, 0.5) is 0 Å². The van der Waals surface area contributed by atoms with Crippen LogP contribution in [0.15, 0.2) is 35.7 Å². The summed E-state index contributed by atoms with van der Waals surface area (Å²) < 4.78 is 2.32. The Morgan fingerprint density at radius 2 is 1.94 bits per heavy atom. The molecule has 0 radical (unpaired) electrons. The number of nitrogens with one attached hydrogen (secondary N) is 1. The molecule has 1 aliphatic carbocycles. The Kier molecular flexibility index (Phi) is 8.03. The number of thiophene rings is 1. The number of hydrogen-bond donors (Lipinski definition) is 2. The van der Waals surface area contributed by atoms with E-state index in [9.17, 15) is 14.7 Å². The van der Waals surface area contributed by atoms with E-state index in [0.717, 1.165) is 61.8 Å². The molecule has 2 heterocycles. The number of carbonyl (C=O) groups is 2. The second-order valence-corrected chi connectivity index (χ2v) is 10.5. The molecule has 1 amide bonds. The van der Waals surface area contributed by atoms with E-state index < -0.39 is 12.0 Å². The Balaban J connectivity index is 1.59. The third-order valence-corrected chi connectivity index (χ3v) is 8.02. The molecular weight excluding hydrogens is 446 g/mol. The minimum atomic E-state index is -0.962. The van der Waals surface area contributed by atoms with E-state index >= 15 is 0 Å². The quantitative estimate of drug-likeness (QED) is 0.361. The lowest BCUT2D eigenvalue weighted by atomic mass is 9.85. The van der Waals surface area contributed by atoms with Gasteiger partial charge < -0.3 is 15.0 Å². The topological polar surface area (TPSA) is 84.2 Å². The van der Waals surface area contributed by atoms with Crippen LogP contribution in [-0.4, -0.2) is 32.6 Å². The molecule has 34 heavy (non-hydrogen) atoms. The largest absolute Gasteiger partial charge is 0.480 e. The van der Waals surface area contributed by atoms with E-state index in [1.54, 1.807) is 23.5 Å². The standard InChI is InChI=1S/C27H35N3O3S/c1-3-20(4-2)30-24-13-12-19(16-22(24)28-25(30)17-21-11-8-14-34-21)26(31)29-23(27(32)33)15-18-9-6-5-7-10-18/h8,11-14,16,18,20,23H,3-7,9-10,15,17H2,1-2H3,(H,29,31)(H,32,33)/t23-/m0/s1. The van der Waals surface area contributed by atoms with Crippen LogP contribution in [0.1, 0.15) is 92.3 Å². The predicted octanol–water partition coefficient (Wildman–Crippen LogP) is 6.20. The van der Waals surface area contributed by atoms with Crippen molar-refractivity contribution in [2.45, 2.75) is 83.7 Å². The number of nitrogens with zero attached hydrogens (tertiary/aromatic N) is 2. The highest BCUT2D eigenvalue weighted by Gasteiger charge is 2.26. The zero-order chi connectivity index (χ0) is 24.1. The van der Waals surface area contributed by atoms with E-state index in [1.165, 1.54) is 11.3 Å². The van der Waals surface area contributed by atoms with Crippen LogP contribution >= 0.6 is 11.3 Å². The van der Waals surface area contributed by atoms with E-state index in [4.69, 9.17) is 4.98 Å². The number of imidazole rings is 1. The van der Waals surface area contributed by atoms with Crippen molar-refractivity contribution in [1.29, 1.82) is 0 Å². The third-order valence-electron chi connectivity index (χ3n) is 7.14. The summed E-state index contributed by atoms with van der Waals surface area (Å²) in [5.41, 5.74) is 2.26. The number of fused-ring (bicyclic) bond motifs is 1. The molecule has 1 saturated carbocycles. The minimum absolute atomic E-state index is 0.339. The first-order chi connectivity index (χ1) is 16.5. The molecule has 7 heteroatoms. The van der Waals surface area contributed by atoms with Crippen LogP contribution in [0.3, 0.4) is 0 Å². The lowest BCUT2D eigenvalue weighted by molar-refractivity contribution is -0.139. The Bertz CT molecular complexity index is 1110. The van der Waals surface area contributed by atoms with Gasteiger partial charge in [0.05, 0.1) is 11.0 Å². The highest BCUT2D eigenvalue weighted by atomic mass is 32.1. The lowest BCUT2D eigenvalue weighted by Crippen LogP contribution is -2.42. The van der Waals surface area contributed by atoms with E-state index in [2.05, 4.69) is 41.2 Å². The zero-order valence-corrected chi connectivity index (χ0v) is 20.9. The van der Waals surface area contributed by atoms with Crippen LogP contribution in [0, 0.1) is 5.92 Å². The van der Waals surface area contributed by atoms with Gasteiger partial charge in [-0.15, -0.1) is 11.3 Å². The summed E-state index contributed by atoms with van der Waals surface area (Å²) in [7, 11) is 0. The molecule has 6 nitrogen and oxygen atoms in total.